The number of rotatable bonds is 4. The first kappa shape index (κ1) is 18.3. The summed E-state index contributed by atoms with van der Waals surface area (Å²) in [5.41, 5.74) is 2.67. The minimum atomic E-state index is -3.66. The van der Waals surface area contributed by atoms with Gasteiger partial charge in [0, 0.05) is 30.4 Å². The lowest BCUT2D eigenvalue weighted by atomic mass is 9.98. The molecule has 0 bridgehead atoms. The lowest BCUT2D eigenvalue weighted by Crippen LogP contribution is -2.25. The smallest absolute Gasteiger partial charge is 0.247 e. The second kappa shape index (κ2) is 6.83. The van der Waals surface area contributed by atoms with Gasteiger partial charge in [-0.05, 0) is 29.8 Å². The summed E-state index contributed by atoms with van der Waals surface area (Å²) in [6.07, 6.45) is 4.48. The first-order chi connectivity index (χ1) is 13.4. The van der Waals surface area contributed by atoms with Gasteiger partial charge in [-0.1, -0.05) is 6.07 Å². The minimum absolute atomic E-state index is 0.238. The maximum atomic E-state index is 14.5. The maximum Gasteiger partial charge on any atom is 0.247 e. The van der Waals surface area contributed by atoms with E-state index in [1.54, 1.807) is 42.7 Å². The summed E-state index contributed by atoms with van der Waals surface area (Å²) >= 11 is 0. The Bertz CT molecular complexity index is 1200. The molecule has 0 saturated carbocycles. The number of nitrogens with zero attached hydrogens (tertiary/aromatic N) is 4. The summed E-state index contributed by atoms with van der Waals surface area (Å²) in [6.45, 7) is 0. The molecule has 9 heteroatoms. The summed E-state index contributed by atoms with van der Waals surface area (Å²) in [6, 6.07) is 9.19. The van der Waals surface area contributed by atoms with Crippen molar-refractivity contribution in [3.63, 3.8) is 0 Å². The standard InChI is InChI=1S/C19H17FN4O3S/c1-27-13-4-5-14(15(20)10-13)17-11-19(24(23-17)28(2,25)26)12-3-6-16-18(9-12)22-8-7-21-16/h3-10,19H,11H2,1-2H3/t19-/m1/s1. The van der Waals surface area contributed by atoms with Gasteiger partial charge in [0.1, 0.15) is 11.6 Å². The molecule has 0 saturated heterocycles. The average molecular weight is 400 g/mol. The number of benzene rings is 2. The van der Waals surface area contributed by atoms with E-state index in [1.165, 1.54) is 13.2 Å². The Kier molecular flexibility index (Phi) is 4.46. The molecule has 1 aliphatic heterocycles. The van der Waals surface area contributed by atoms with Crippen LogP contribution in [0.25, 0.3) is 11.0 Å². The van der Waals surface area contributed by atoms with E-state index in [0.29, 0.717) is 28.1 Å². The quantitative estimate of drug-likeness (QED) is 0.672. The number of aromatic nitrogens is 2. The van der Waals surface area contributed by atoms with Crippen molar-refractivity contribution in [1.82, 2.24) is 14.4 Å². The first-order valence-electron chi connectivity index (χ1n) is 8.48. The van der Waals surface area contributed by atoms with Crippen molar-refractivity contribution in [2.45, 2.75) is 12.5 Å². The summed E-state index contributed by atoms with van der Waals surface area (Å²) in [7, 11) is -2.21. The SMILES string of the molecule is COc1ccc(C2=NN(S(C)(=O)=O)[C@@H](c3ccc4nccnc4c3)C2)c(F)c1. The number of ether oxygens (including phenoxy) is 1. The molecule has 0 amide bonds. The maximum absolute atomic E-state index is 14.5. The molecule has 144 valence electrons. The molecule has 0 radical (unpaired) electrons. The fourth-order valence-corrected chi connectivity index (χ4v) is 4.16. The van der Waals surface area contributed by atoms with Gasteiger partial charge >= 0.3 is 0 Å². The number of methoxy groups -OCH3 is 1. The second-order valence-electron chi connectivity index (χ2n) is 6.45. The Morgan fingerprint density at radius 1 is 1.11 bits per heavy atom. The van der Waals surface area contributed by atoms with Gasteiger partial charge in [-0.15, -0.1) is 0 Å². The summed E-state index contributed by atoms with van der Waals surface area (Å²) in [5, 5.41) is 4.23. The van der Waals surface area contributed by atoms with Crippen LogP contribution >= 0.6 is 0 Å². The van der Waals surface area contributed by atoms with Crippen LogP contribution in [0.15, 0.2) is 53.9 Å². The molecule has 4 rings (SSSR count). The van der Waals surface area contributed by atoms with Gasteiger partial charge in [0.2, 0.25) is 10.0 Å². The topological polar surface area (TPSA) is 84.8 Å². The Balaban J connectivity index is 1.76. The average Bonchev–Trinajstić information content (AvgIpc) is 3.13. The molecule has 1 atom stereocenters. The van der Waals surface area contributed by atoms with Gasteiger partial charge in [0.15, 0.2) is 0 Å². The fraction of sp³-hybridized carbons (Fsp3) is 0.211. The zero-order valence-corrected chi connectivity index (χ0v) is 16.0. The predicted octanol–water partition coefficient (Wildman–Crippen LogP) is 2.89. The molecular weight excluding hydrogens is 383 g/mol. The number of hydrazone groups is 1. The highest BCUT2D eigenvalue weighted by atomic mass is 32.2. The predicted molar refractivity (Wildman–Crippen MR) is 103 cm³/mol. The van der Waals surface area contributed by atoms with Crippen LogP contribution in [0.4, 0.5) is 4.39 Å². The largest absolute Gasteiger partial charge is 0.497 e. The molecule has 0 spiro atoms. The molecule has 28 heavy (non-hydrogen) atoms. The summed E-state index contributed by atoms with van der Waals surface area (Å²) in [5.74, 6) is -0.138. The van der Waals surface area contributed by atoms with Crippen LogP contribution in [0.1, 0.15) is 23.6 Å². The third-order valence-electron chi connectivity index (χ3n) is 4.58. The van der Waals surface area contributed by atoms with Gasteiger partial charge in [-0.25, -0.2) is 12.8 Å². The first-order valence-corrected chi connectivity index (χ1v) is 10.3. The van der Waals surface area contributed by atoms with Crippen LogP contribution < -0.4 is 4.74 Å². The van der Waals surface area contributed by atoms with Gasteiger partial charge in [0.25, 0.3) is 0 Å². The van der Waals surface area contributed by atoms with E-state index in [2.05, 4.69) is 15.1 Å². The molecule has 1 aliphatic rings. The van der Waals surface area contributed by atoms with E-state index >= 15 is 0 Å². The highest BCUT2D eigenvalue weighted by molar-refractivity contribution is 7.88. The van der Waals surface area contributed by atoms with E-state index < -0.39 is 21.9 Å². The Morgan fingerprint density at radius 3 is 2.54 bits per heavy atom. The van der Waals surface area contributed by atoms with Crippen molar-refractivity contribution >= 4 is 26.8 Å². The van der Waals surface area contributed by atoms with Crippen LogP contribution in [0.5, 0.6) is 5.75 Å². The number of fused-ring (bicyclic) bond motifs is 1. The molecular formula is C19H17FN4O3S. The van der Waals surface area contributed by atoms with Crippen molar-refractivity contribution in [2.75, 3.05) is 13.4 Å². The van der Waals surface area contributed by atoms with E-state index in [0.717, 1.165) is 10.7 Å². The van der Waals surface area contributed by atoms with E-state index in [1.807, 2.05) is 0 Å². The van der Waals surface area contributed by atoms with Gasteiger partial charge in [-0.2, -0.15) is 9.52 Å². The molecule has 0 fully saturated rings. The van der Waals surface area contributed by atoms with Crippen LogP contribution in [0.3, 0.4) is 0 Å². The fourth-order valence-electron chi connectivity index (χ4n) is 3.25. The van der Waals surface area contributed by atoms with E-state index in [9.17, 15) is 12.8 Å². The van der Waals surface area contributed by atoms with Crippen molar-refractivity contribution in [2.24, 2.45) is 5.10 Å². The highest BCUT2D eigenvalue weighted by Crippen LogP contribution is 2.36. The number of hydrogen-bond donors (Lipinski definition) is 0. The van der Waals surface area contributed by atoms with Crippen LogP contribution in [0.2, 0.25) is 0 Å². The number of hydrogen-bond acceptors (Lipinski definition) is 6. The van der Waals surface area contributed by atoms with E-state index in [4.69, 9.17) is 4.74 Å². The van der Waals surface area contributed by atoms with Crippen LogP contribution in [-0.2, 0) is 10.0 Å². The second-order valence-corrected chi connectivity index (χ2v) is 8.29. The van der Waals surface area contributed by atoms with Gasteiger partial charge in [0.05, 0.1) is 36.2 Å². The zero-order valence-electron chi connectivity index (χ0n) is 15.2. The Labute approximate surface area is 161 Å². The normalized spacial score (nSPS) is 17.0. The third kappa shape index (κ3) is 3.29. The van der Waals surface area contributed by atoms with Crippen LogP contribution in [0, 0.1) is 5.82 Å². The van der Waals surface area contributed by atoms with Gasteiger partial charge in [-0.3, -0.25) is 9.97 Å². The van der Waals surface area contributed by atoms with Crippen molar-refractivity contribution in [3.05, 3.63) is 65.7 Å². The van der Waals surface area contributed by atoms with E-state index in [-0.39, 0.29) is 12.0 Å². The summed E-state index contributed by atoms with van der Waals surface area (Å²) < 4.78 is 45.2. The number of halogens is 1. The molecule has 0 unspecified atom stereocenters. The van der Waals surface area contributed by atoms with Crippen molar-refractivity contribution in [1.29, 1.82) is 0 Å². The Morgan fingerprint density at radius 2 is 1.86 bits per heavy atom. The lowest BCUT2D eigenvalue weighted by molar-refractivity contribution is 0.375. The number of sulfonamides is 1. The molecule has 0 N–H and O–H groups in total. The van der Waals surface area contributed by atoms with Crippen LogP contribution in [-0.4, -0.2) is 41.9 Å². The molecule has 2 heterocycles. The molecule has 1 aromatic heterocycles. The molecule has 7 nitrogen and oxygen atoms in total. The van der Waals surface area contributed by atoms with Gasteiger partial charge < -0.3 is 4.74 Å². The molecule has 2 aromatic carbocycles. The van der Waals surface area contributed by atoms with Crippen molar-refractivity contribution < 1.29 is 17.5 Å². The van der Waals surface area contributed by atoms with Crippen molar-refractivity contribution in [3.8, 4) is 5.75 Å². The summed E-state index contributed by atoms with van der Waals surface area (Å²) in [4.78, 5) is 8.49. The molecule has 3 aromatic rings. The highest BCUT2D eigenvalue weighted by Gasteiger charge is 2.35. The Hall–Kier alpha value is -3.07. The monoisotopic (exact) mass is 400 g/mol. The molecule has 0 aliphatic carbocycles. The lowest BCUT2D eigenvalue weighted by Gasteiger charge is -2.21. The minimum Gasteiger partial charge on any atom is -0.497 e. The zero-order chi connectivity index (χ0) is 19.9. The third-order valence-corrected chi connectivity index (χ3v) is 5.59.